The molecule has 0 unspecified atom stereocenters. The van der Waals surface area contributed by atoms with Crippen molar-refractivity contribution < 1.29 is 0 Å². The van der Waals surface area contributed by atoms with Crippen LogP contribution in [0.15, 0.2) is 24.7 Å². The number of hydrogen-bond donors (Lipinski definition) is 1. The third kappa shape index (κ3) is 3.19. The van der Waals surface area contributed by atoms with Gasteiger partial charge in [-0.25, -0.2) is 15.0 Å². The summed E-state index contributed by atoms with van der Waals surface area (Å²) in [5.74, 6) is 0.732. The Bertz CT molecular complexity index is 1340. The number of nitrogens with one attached hydrogen (secondary N) is 1. The fraction of sp³-hybridized carbons (Fsp3) is 0.500. The Morgan fingerprint density at radius 3 is 2.59 bits per heavy atom. The van der Waals surface area contributed by atoms with Gasteiger partial charge in [-0.3, -0.25) is 4.98 Å². The second-order valence-corrected chi connectivity index (χ2v) is 11.2. The van der Waals surface area contributed by atoms with Crippen molar-refractivity contribution in [2.24, 2.45) is 0 Å². The largest absolute Gasteiger partial charge is 0.348 e. The minimum atomic E-state index is 0.235. The van der Waals surface area contributed by atoms with Crippen LogP contribution in [0.3, 0.4) is 0 Å². The van der Waals surface area contributed by atoms with Gasteiger partial charge in [-0.05, 0) is 59.4 Å². The molecule has 4 aromatic rings. The first-order valence-electron chi connectivity index (χ1n) is 11.3. The molecule has 7 nitrogen and oxygen atoms in total. The molecule has 2 fully saturated rings. The minimum Gasteiger partial charge on any atom is -0.348 e. The van der Waals surface area contributed by atoms with Gasteiger partial charge in [0.2, 0.25) is 0 Å². The molecular formula is C24H29N7S. The van der Waals surface area contributed by atoms with E-state index in [1.807, 2.05) is 26.2 Å². The molecule has 6 rings (SSSR count). The average Bonchev–Trinajstić information content (AvgIpc) is 3.40. The second-order valence-electron chi connectivity index (χ2n) is 10.3. The van der Waals surface area contributed by atoms with E-state index in [2.05, 4.69) is 57.7 Å². The van der Waals surface area contributed by atoms with E-state index in [0.29, 0.717) is 6.04 Å². The monoisotopic (exact) mass is 447 g/mol. The maximum absolute atomic E-state index is 4.89. The van der Waals surface area contributed by atoms with Crippen molar-refractivity contribution in [2.75, 3.05) is 11.9 Å². The summed E-state index contributed by atoms with van der Waals surface area (Å²) in [7, 11) is 2.19. The van der Waals surface area contributed by atoms with Crippen molar-refractivity contribution in [1.82, 2.24) is 29.7 Å². The molecule has 2 aliphatic heterocycles. The molecule has 8 heteroatoms. The van der Waals surface area contributed by atoms with Crippen LogP contribution in [-0.2, 0) is 0 Å². The molecule has 3 atom stereocenters. The van der Waals surface area contributed by atoms with E-state index >= 15 is 0 Å². The van der Waals surface area contributed by atoms with Crippen LogP contribution in [0, 0.1) is 13.8 Å². The summed E-state index contributed by atoms with van der Waals surface area (Å²) in [4.78, 5) is 22.3. The van der Waals surface area contributed by atoms with Gasteiger partial charge in [0.05, 0.1) is 23.1 Å². The topological polar surface area (TPSA) is 71.2 Å². The first kappa shape index (κ1) is 20.1. The molecule has 0 spiro atoms. The average molecular weight is 448 g/mol. The summed E-state index contributed by atoms with van der Waals surface area (Å²) in [6, 6.07) is 2.60. The second kappa shape index (κ2) is 6.71. The van der Waals surface area contributed by atoms with Crippen molar-refractivity contribution in [3.63, 3.8) is 0 Å². The summed E-state index contributed by atoms with van der Waals surface area (Å²) in [6.45, 7) is 8.79. The maximum Gasteiger partial charge on any atom is 0.187 e. The molecule has 2 bridgehead atoms. The van der Waals surface area contributed by atoms with Gasteiger partial charge in [0.25, 0.3) is 0 Å². The number of aryl methyl sites for hydroxylation is 2. The van der Waals surface area contributed by atoms with E-state index < -0.39 is 0 Å². The number of thiazole rings is 1. The Morgan fingerprint density at radius 2 is 1.84 bits per heavy atom. The molecule has 0 saturated carbocycles. The predicted molar refractivity (Wildman–Crippen MR) is 129 cm³/mol. The van der Waals surface area contributed by atoms with Gasteiger partial charge in [0.1, 0.15) is 10.3 Å². The van der Waals surface area contributed by atoms with Crippen LogP contribution in [0.1, 0.15) is 50.9 Å². The van der Waals surface area contributed by atoms with Gasteiger partial charge in [-0.15, -0.1) is 0 Å². The molecule has 2 saturated heterocycles. The SMILES string of the molecule is Cc1cn2cc(-c3ncc4nc(N(C)[C@H]5C[C@]6(C)CC[C@](C)(C5)N6)sc4n3)cc2c(C)n1. The summed E-state index contributed by atoms with van der Waals surface area (Å²) in [6.07, 6.45) is 10.8. The van der Waals surface area contributed by atoms with Gasteiger partial charge in [-0.2, -0.15) is 0 Å². The van der Waals surface area contributed by atoms with E-state index in [1.54, 1.807) is 11.3 Å². The molecule has 0 radical (unpaired) electrons. The summed E-state index contributed by atoms with van der Waals surface area (Å²) < 4.78 is 2.11. The molecule has 2 aliphatic rings. The molecule has 6 heterocycles. The fourth-order valence-electron chi connectivity index (χ4n) is 5.82. The molecule has 32 heavy (non-hydrogen) atoms. The number of nitrogens with zero attached hydrogens (tertiary/aromatic N) is 6. The lowest BCUT2D eigenvalue weighted by atomic mass is 9.84. The highest BCUT2D eigenvalue weighted by Crippen LogP contribution is 2.44. The van der Waals surface area contributed by atoms with Gasteiger partial charge >= 0.3 is 0 Å². The van der Waals surface area contributed by atoms with Crippen molar-refractivity contribution in [1.29, 1.82) is 0 Å². The zero-order chi connectivity index (χ0) is 22.3. The van der Waals surface area contributed by atoms with Gasteiger partial charge in [0.15, 0.2) is 11.0 Å². The first-order valence-corrected chi connectivity index (χ1v) is 12.1. The number of anilines is 1. The molecule has 0 amide bonds. The smallest absolute Gasteiger partial charge is 0.187 e. The number of rotatable bonds is 3. The van der Waals surface area contributed by atoms with Crippen LogP contribution in [0.5, 0.6) is 0 Å². The number of piperidine rings is 1. The normalized spacial score (nSPS) is 27.5. The van der Waals surface area contributed by atoms with E-state index in [-0.39, 0.29) is 11.1 Å². The third-order valence-corrected chi connectivity index (χ3v) is 8.40. The fourth-order valence-corrected chi connectivity index (χ4v) is 6.76. The Kier molecular flexibility index (Phi) is 4.21. The highest BCUT2D eigenvalue weighted by molar-refractivity contribution is 7.21. The van der Waals surface area contributed by atoms with Crippen LogP contribution in [0.4, 0.5) is 5.13 Å². The maximum atomic E-state index is 4.89. The van der Waals surface area contributed by atoms with Crippen molar-refractivity contribution in [3.05, 3.63) is 36.0 Å². The molecule has 0 aromatic carbocycles. The lowest BCUT2D eigenvalue weighted by molar-refractivity contribution is 0.208. The predicted octanol–water partition coefficient (Wildman–Crippen LogP) is 4.52. The van der Waals surface area contributed by atoms with Crippen molar-refractivity contribution in [3.8, 4) is 11.4 Å². The zero-order valence-electron chi connectivity index (χ0n) is 19.3. The lowest BCUT2D eigenvalue weighted by Crippen LogP contribution is -2.58. The summed E-state index contributed by atoms with van der Waals surface area (Å²) in [5.41, 5.74) is 5.43. The van der Waals surface area contributed by atoms with Crippen LogP contribution in [-0.4, -0.2) is 48.5 Å². The van der Waals surface area contributed by atoms with Crippen molar-refractivity contribution >= 4 is 32.3 Å². The Balaban J connectivity index is 1.33. The van der Waals surface area contributed by atoms with E-state index in [0.717, 1.165) is 56.6 Å². The van der Waals surface area contributed by atoms with Crippen LogP contribution in [0.2, 0.25) is 0 Å². The van der Waals surface area contributed by atoms with E-state index in [1.165, 1.54) is 12.8 Å². The number of hydrogen-bond acceptors (Lipinski definition) is 7. The Labute approximate surface area is 191 Å². The molecule has 166 valence electrons. The van der Waals surface area contributed by atoms with Gasteiger partial charge in [0, 0.05) is 42.1 Å². The Morgan fingerprint density at radius 1 is 1.09 bits per heavy atom. The highest BCUT2D eigenvalue weighted by Gasteiger charge is 2.49. The first-order chi connectivity index (χ1) is 15.2. The number of aromatic nitrogens is 5. The highest BCUT2D eigenvalue weighted by atomic mass is 32.1. The quantitative estimate of drug-likeness (QED) is 0.498. The lowest BCUT2D eigenvalue weighted by Gasteiger charge is -2.45. The van der Waals surface area contributed by atoms with Crippen LogP contribution in [0.25, 0.3) is 27.3 Å². The van der Waals surface area contributed by atoms with Crippen LogP contribution >= 0.6 is 11.3 Å². The number of fused-ring (bicyclic) bond motifs is 4. The van der Waals surface area contributed by atoms with Crippen LogP contribution < -0.4 is 10.2 Å². The van der Waals surface area contributed by atoms with Gasteiger partial charge in [-0.1, -0.05) is 11.3 Å². The third-order valence-electron chi connectivity index (χ3n) is 7.34. The Hall–Kier alpha value is -2.58. The molecule has 4 aromatic heterocycles. The van der Waals surface area contributed by atoms with E-state index in [9.17, 15) is 0 Å². The van der Waals surface area contributed by atoms with Crippen molar-refractivity contribution in [2.45, 2.75) is 70.5 Å². The summed E-state index contributed by atoms with van der Waals surface area (Å²) >= 11 is 1.67. The molecular weight excluding hydrogens is 418 g/mol. The molecule has 0 aliphatic carbocycles. The minimum absolute atomic E-state index is 0.235. The van der Waals surface area contributed by atoms with E-state index in [4.69, 9.17) is 9.97 Å². The van der Waals surface area contributed by atoms with Gasteiger partial charge < -0.3 is 14.6 Å². The standard InChI is InChI=1S/C24H29N7S/c1-14-12-31-13-16(8-19(31)15(2)26-14)20-25-11-18-21(28-20)32-22(27-18)30(5)17-9-23(3)6-7-24(4,10-17)29-23/h8,11-13,17,29H,6-7,9-10H2,1-5H3/t17-,23-,24+. The zero-order valence-corrected chi connectivity index (χ0v) is 20.1. The molecule has 1 N–H and O–H groups in total. The summed E-state index contributed by atoms with van der Waals surface area (Å²) in [5, 5.41) is 4.91.